The number of aliphatic carboxylic acids is 2. The molecule has 4 amide bonds. The van der Waals surface area contributed by atoms with Gasteiger partial charge in [0.1, 0.15) is 24.3 Å². The number of aromatic nitrogens is 2. The van der Waals surface area contributed by atoms with Gasteiger partial charge in [-0.2, -0.15) is 0 Å². The molecule has 0 saturated carbocycles. The third kappa shape index (κ3) is 16.7. The molecule has 19 heteroatoms. The second-order valence-electron chi connectivity index (χ2n) is 12.5. The fourth-order valence-electron chi connectivity index (χ4n) is 4.15. The van der Waals surface area contributed by atoms with Crippen LogP contribution in [0.1, 0.15) is 51.9 Å². The first-order chi connectivity index (χ1) is 26.1. The van der Waals surface area contributed by atoms with Crippen LogP contribution in [-0.2, 0) is 41.6 Å². The summed E-state index contributed by atoms with van der Waals surface area (Å²) in [6, 6.07) is 14.0. The molecule has 0 aliphatic carbocycles. The van der Waals surface area contributed by atoms with E-state index in [-0.39, 0.29) is 23.1 Å². The number of thiazole rings is 2. The van der Waals surface area contributed by atoms with Crippen LogP contribution < -0.4 is 30.7 Å². The highest BCUT2D eigenvalue weighted by Crippen LogP contribution is 2.29. The molecule has 4 rings (SSSR count). The van der Waals surface area contributed by atoms with Gasteiger partial charge < -0.3 is 41.0 Å². The zero-order chi connectivity index (χ0) is 40.5. The molecule has 0 radical (unpaired) electrons. The third-order valence-electron chi connectivity index (χ3n) is 6.45. The zero-order valence-corrected chi connectivity index (χ0v) is 33.6. The first-order valence-corrected chi connectivity index (χ1v) is 19.2. The Morgan fingerprint density at radius 3 is 1.60 bits per heavy atom. The molecule has 0 aliphatic heterocycles. The highest BCUT2D eigenvalue weighted by Gasteiger charge is 2.18. The summed E-state index contributed by atoms with van der Waals surface area (Å²) in [7, 11) is 0. The number of carboxylic acid groups (broad SMARTS) is 2. The van der Waals surface area contributed by atoms with Gasteiger partial charge in [-0.3, -0.25) is 28.8 Å². The number of hydrogen-bond donors (Lipinski definition) is 6. The van der Waals surface area contributed by atoms with Crippen molar-refractivity contribution in [1.29, 1.82) is 0 Å². The topological polar surface area (TPSA) is 235 Å². The maximum Gasteiger partial charge on any atom is 0.309 e. The van der Waals surface area contributed by atoms with E-state index < -0.39 is 48.4 Å². The number of amides is 4. The third-order valence-corrected chi connectivity index (χ3v) is 9.01. The summed E-state index contributed by atoms with van der Waals surface area (Å²) in [5.41, 5.74) is 1.65. The number of rotatable bonds is 18. The van der Waals surface area contributed by atoms with Gasteiger partial charge in [0.15, 0.2) is 10.3 Å². The minimum Gasteiger partial charge on any atom is -0.491 e. The summed E-state index contributed by atoms with van der Waals surface area (Å²) in [4.78, 5) is 77.9. The Morgan fingerprint density at radius 2 is 1.13 bits per heavy atom. The van der Waals surface area contributed by atoms with Crippen molar-refractivity contribution in [2.24, 2.45) is 11.8 Å². The second-order valence-corrected chi connectivity index (χ2v) is 15.6. The fourth-order valence-corrected chi connectivity index (χ4v) is 6.29. The molecule has 0 aliphatic rings. The van der Waals surface area contributed by atoms with Crippen LogP contribution >= 0.6 is 38.6 Å². The van der Waals surface area contributed by atoms with Gasteiger partial charge in [0.2, 0.25) is 23.6 Å². The molecule has 0 bridgehead atoms. The van der Waals surface area contributed by atoms with Crippen LogP contribution in [0.25, 0.3) is 0 Å². The number of carbonyl (C=O) groups excluding carboxylic acids is 4. The maximum absolute atomic E-state index is 12.2. The average Bonchev–Trinajstić information content (AvgIpc) is 3.66. The summed E-state index contributed by atoms with van der Waals surface area (Å²) in [6.45, 7) is 9.09. The van der Waals surface area contributed by atoms with Crippen molar-refractivity contribution in [2.45, 2.75) is 53.4 Å². The van der Waals surface area contributed by atoms with E-state index in [1.165, 1.54) is 0 Å². The smallest absolute Gasteiger partial charge is 0.309 e. The van der Waals surface area contributed by atoms with Gasteiger partial charge in [0, 0.05) is 5.38 Å². The van der Waals surface area contributed by atoms with Crippen molar-refractivity contribution in [1.82, 2.24) is 9.97 Å². The van der Waals surface area contributed by atoms with Crippen molar-refractivity contribution in [3.63, 3.8) is 0 Å². The first-order valence-electron chi connectivity index (χ1n) is 16.7. The summed E-state index contributed by atoms with van der Waals surface area (Å²) in [5, 5.41) is 29.9. The summed E-state index contributed by atoms with van der Waals surface area (Å²) in [5.74, 6) is -2.37. The highest BCUT2D eigenvalue weighted by molar-refractivity contribution is 9.11. The van der Waals surface area contributed by atoms with Gasteiger partial charge in [0.05, 0.1) is 52.6 Å². The number of carbonyl (C=O) groups is 6. The molecule has 294 valence electrons. The quantitative estimate of drug-likeness (QED) is 0.0605. The average molecular weight is 862 g/mol. The van der Waals surface area contributed by atoms with E-state index in [9.17, 15) is 28.8 Å². The van der Waals surface area contributed by atoms with Crippen molar-refractivity contribution in [3.8, 4) is 11.5 Å². The summed E-state index contributed by atoms with van der Waals surface area (Å²) < 4.78 is 11.9. The number of nitrogens with zero attached hydrogens (tertiary/aromatic N) is 2. The number of carboxylic acids is 2. The maximum atomic E-state index is 12.2. The van der Waals surface area contributed by atoms with Crippen molar-refractivity contribution >= 4 is 95.8 Å². The fraction of sp³-hybridized carbons (Fsp3) is 0.333. The Hall–Kier alpha value is -5.40. The number of halogens is 1. The van der Waals surface area contributed by atoms with E-state index in [1.807, 2.05) is 27.7 Å². The first kappa shape index (κ1) is 44.0. The van der Waals surface area contributed by atoms with E-state index >= 15 is 0 Å². The number of benzene rings is 2. The number of nitrogens with one attached hydrogen (secondary N) is 4. The van der Waals surface area contributed by atoms with E-state index in [2.05, 4.69) is 47.2 Å². The van der Waals surface area contributed by atoms with Crippen LogP contribution in [0.4, 0.5) is 21.6 Å². The predicted octanol–water partition coefficient (Wildman–Crippen LogP) is 6.31. The molecular weight excluding hydrogens is 820 g/mol. The number of anilines is 4. The van der Waals surface area contributed by atoms with Crippen LogP contribution in [0, 0.1) is 11.8 Å². The van der Waals surface area contributed by atoms with Crippen LogP contribution in [0.15, 0.2) is 57.7 Å². The minimum atomic E-state index is -1.03. The van der Waals surface area contributed by atoms with Crippen molar-refractivity contribution in [2.75, 3.05) is 34.5 Å². The lowest BCUT2D eigenvalue weighted by Crippen LogP contribution is -2.22. The molecule has 2 aromatic heterocycles. The molecule has 6 N–H and O–H groups in total. The lowest BCUT2D eigenvalue weighted by molar-refractivity contribution is -0.137. The van der Waals surface area contributed by atoms with Gasteiger partial charge in [-0.15, -0.1) is 11.3 Å². The Kier molecular flexibility index (Phi) is 17.7. The van der Waals surface area contributed by atoms with Crippen molar-refractivity contribution in [3.05, 3.63) is 69.1 Å². The van der Waals surface area contributed by atoms with Crippen molar-refractivity contribution < 1.29 is 48.5 Å². The molecule has 0 fully saturated rings. The summed E-state index contributed by atoms with van der Waals surface area (Å²) >= 11 is 5.40. The highest BCUT2D eigenvalue weighted by atomic mass is 79.9. The minimum absolute atomic E-state index is 0.222. The normalized spacial score (nSPS) is 10.5. The number of para-hydroxylation sites is 4. The Labute approximate surface area is 333 Å². The van der Waals surface area contributed by atoms with Gasteiger partial charge in [-0.05, 0) is 52.0 Å². The Balaban J connectivity index is 0.000000296. The Bertz CT molecular complexity index is 1970. The van der Waals surface area contributed by atoms with Crippen LogP contribution in [0.5, 0.6) is 11.5 Å². The van der Waals surface area contributed by atoms with Gasteiger partial charge in [-0.25, -0.2) is 9.97 Å². The van der Waals surface area contributed by atoms with E-state index in [0.717, 1.165) is 22.7 Å². The van der Waals surface area contributed by atoms with E-state index in [4.69, 9.17) is 19.7 Å². The molecule has 16 nitrogen and oxygen atoms in total. The van der Waals surface area contributed by atoms with Crippen LogP contribution in [-0.4, -0.2) is 69.0 Å². The van der Waals surface area contributed by atoms with Crippen LogP contribution in [0.2, 0.25) is 0 Å². The molecule has 2 heterocycles. The molecule has 0 unspecified atom stereocenters. The Morgan fingerprint density at radius 1 is 0.673 bits per heavy atom. The molecule has 0 spiro atoms. The number of hydrogen-bond acceptors (Lipinski definition) is 12. The zero-order valence-electron chi connectivity index (χ0n) is 30.3. The van der Waals surface area contributed by atoms with E-state index in [0.29, 0.717) is 63.1 Å². The van der Waals surface area contributed by atoms with Crippen LogP contribution in [0.3, 0.4) is 0 Å². The predicted molar refractivity (Wildman–Crippen MR) is 212 cm³/mol. The summed E-state index contributed by atoms with van der Waals surface area (Å²) in [6.07, 6.45) is -1.29. The lowest BCUT2D eigenvalue weighted by atomic mass is 10.2. The largest absolute Gasteiger partial charge is 0.491 e. The standard InChI is InChI=1S/C18H20BrN3O5S.C18H21N3O5S/c1-10(2)9-27-13-6-4-3-5-11(13)20-14(23)8-15(24)22-18-21-12(7-16(25)26)17(19)28-18;1-11(2)9-26-14-6-4-3-5-13(14)20-15(22)8-16(23)21-18-19-12(10-27-18)7-17(24)25/h3-6,10H,7-9H2,1-2H3,(H,20,23)(H,25,26)(H,21,22,24);3-6,10-11H,7-9H2,1-2H3,(H,20,22)(H,24,25)(H,19,21,23). The van der Waals surface area contributed by atoms with E-state index in [1.54, 1.807) is 53.9 Å². The SMILES string of the molecule is CC(C)COc1ccccc1NC(=O)CC(=O)Nc1nc(CC(=O)O)c(Br)s1.CC(C)COc1ccccc1NC(=O)CC(=O)Nc1nc(CC(=O)O)cs1. The molecule has 4 aromatic rings. The van der Waals surface area contributed by atoms with Gasteiger partial charge >= 0.3 is 11.9 Å². The lowest BCUT2D eigenvalue weighted by Gasteiger charge is -2.13. The molecule has 0 saturated heterocycles. The molecule has 0 atom stereocenters. The van der Waals surface area contributed by atoms with Gasteiger partial charge in [0.25, 0.3) is 0 Å². The molecule has 2 aromatic carbocycles. The monoisotopic (exact) mass is 860 g/mol. The molecule has 55 heavy (non-hydrogen) atoms. The molecular formula is C36H41BrN6O10S2. The van der Waals surface area contributed by atoms with Gasteiger partial charge in [-0.1, -0.05) is 63.3 Å². The second kappa shape index (κ2) is 22.1. The number of ether oxygens (including phenoxy) is 2.